The van der Waals surface area contributed by atoms with Crippen LogP contribution in [0.3, 0.4) is 0 Å². The van der Waals surface area contributed by atoms with Gasteiger partial charge in [-0.25, -0.2) is 0 Å². The molecular weight excluding hydrogens is 250 g/mol. The fourth-order valence-corrected chi connectivity index (χ4v) is 2.31. The highest BCUT2D eigenvalue weighted by atomic mass is 16.5. The summed E-state index contributed by atoms with van der Waals surface area (Å²) in [6.45, 7) is 9.06. The third-order valence-corrected chi connectivity index (χ3v) is 3.40. The van der Waals surface area contributed by atoms with Gasteiger partial charge in [-0.2, -0.15) is 0 Å². The predicted molar refractivity (Wildman–Crippen MR) is 81.1 cm³/mol. The van der Waals surface area contributed by atoms with Gasteiger partial charge in [0.1, 0.15) is 5.75 Å². The quantitative estimate of drug-likeness (QED) is 0.791. The molecule has 0 heterocycles. The number of rotatable bonds is 6. The Bertz CT molecular complexity index is 462. The Kier molecular flexibility index (Phi) is 4.69. The number of carbonyl (C=O) groups excluding carboxylic acids is 1. The first-order valence-electron chi connectivity index (χ1n) is 7.54. The first-order valence-corrected chi connectivity index (χ1v) is 7.54. The molecule has 1 aliphatic rings. The van der Waals surface area contributed by atoms with Crippen molar-refractivity contribution in [2.45, 2.75) is 52.6 Å². The molecule has 1 aliphatic carbocycles. The largest absolute Gasteiger partial charge is 0.493 e. The van der Waals surface area contributed by atoms with Gasteiger partial charge in [0.25, 0.3) is 5.91 Å². The zero-order chi connectivity index (χ0) is 14.7. The van der Waals surface area contributed by atoms with Crippen LogP contribution in [-0.4, -0.2) is 29.5 Å². The van der Waals surface area contributed by atoms with Crippen molar-refractivity contribution in [1.29, 1.82) is 0 Å². The maximum Gasteiger partial charge on any atom is 0.254 e. The van der Waals surface area contributed by atoms with Crippen molar-refractivity contribution in [2.24, 2.45) is 5.92 Å². The van der Waals surface area contributed by atoms with E-state index < -0.39 is 0 Å². The minimum Gasteiger partial charge on any atom is -0.493 e. The zero-order valence-electron chi connectivity index (χ0n) is 12.9. The average molecular weight is 275 g/mol. The topological polar surface area (TPSA) is 29.5 Å². The van der Waals surface area contributed by atoms with Crippen molar-refractivity contribution in [2.75, 3.05) is 6.61 Å². The van der Waals surface area contributed by atoms with Crippen LogP contribution in [0.2, 0.25) is 0 Å². The van der Waals surface area contributed by atoms with Crippen LogP contribution in [0.1, 0.15) is 50.9 Å². The number of ether oxygens (including phenoxy) is 1. The van der Waals surface area contributed by atoms with Crippen molar-refractivity contribution in [3.63, 3.8) is 0 Å². The van der Waals surface area contributed by atoms with E-state index in [0.29, 0.717) is 18.6 Å². The fraction of sp³-hybridized carbons (Fsp3) is 0.588. The molecule has 3 heteroatoms. The van der Waals surface area contributed by atoms with Gasteiger partial charge in [-0.1, -0.05) is 19.9 Å². The summed E-state index contributed by atoms with van der Waals surface area (Å²) in [5.74, 6) is 1.38. The molecule has 1 saturated carbocycles. The average Bonchev–Trinajstić information content (AvgIpc) is 3.21. The molecule has 0 N–H and O–H groups in total. The van der Waals surface area contributed by atoms with E-state index in [4.69, 9.17) is 4.74 Å². The molecule has 20 heavy (non-hydrogen) atoms. The fourth-order valence-electron chi connectivity index (χ4n) is 2.31. The molecular formula is C17H25NO2. The second-order valence-corrected chi connectivity index (χ2v) is 6.27. The van der Waals surface area contributed by atoms with E-state index in [9.17, 15) is 4.79 Å². The SMILES string of the molecule is CC(C)COc1cccc(C(=O)N(C(C)C)C2CC2)c1. The molecule has 0 spiro atoms. The molecule has 0 atom stereocenters. The predicted octanol–water partition coefficient (Wildman–Crippen LogP) is 3.73. The van der Waals surface area contributed by atoms with E-state index in [1.807, 2.05) is 29.2 Å². The molecule has 0 unspecified atom stereocenters. The lowest BCUT2D eigenvalue weighted by molar-refractivity contribution is 0.0689. The van der Waals surface area contributed by atoms with Crippen LogP contribution < -0.4 is 4.74 Å². The summed E-state index contributed by atoms with van der Waals surface area (Å²) < 4.78 is 5.70. The van der Waals surface area contributed by atoms with Gasteiger partial charge >= 0.3 is 0 Å². The highest BCUT2D eigenvalue weighted by Gasteiger charge is 2.34. The number of hydrogen-bond donors (Lipinski definition) is 0. The van der Waals surface area contributed by atoms with Crippen molar-refractivity contribution >= 4 is 5.91 Å². The van der Waals surface area contributed by atoms with Gasteiger partial charge in [0, 0.05) is 17.6 Å². The van der Waals surface area contributed by atoms with Crippen LogP contribution in [-0.2, 0) is 0 Å². The van der Waals surface area contributed by atoms with Gasteiger partial charge in [-0.3, -0.25) is 4.79 Å². The normalized spacial score (nSPS) is 14.7. The number of benzene rings is 1. The van der Waals surface area contributed by atoms with E-state index in [-0.39, 0.29) is 11.9 Å². The molecule has 0 saturated heterocycles. The number of hydrogen-bond acceptors (Lipinski definition) is 2. The van der Waals surface area contributed by atoms with Crippen LogP contribution in [0.15, 0.2) is 24.3 Å². The molecule has 0 aliphatic heterocycles. The van der Waals surface area contributed by atoms with Crippen LogP contribution >= 0.6 is 0 Å². The number of nitrogens with zero attached hydrogens (tertiary/aromatic N) is 1. The standard InChI is InChI=1S/C17H25NO2/c1-12(2)11-20-16-7-5-6-14(10-16)17(19)18(13(3)4)15-8-9-15/h5-7,10,12-13,15H,8-9,11H2,1-4H3. The summed E-state index contributed by atoms with van der Waals surface area (Å²) in [5.41, 5.74) is 0.729. The van der Waals surface area contributed by atoms with Gasteiger partial charge in [0.2, 0.25) is 0 Å². The molecule has 2 rings (SSSR count). The Morgan fingerprint density at radius 1 is 1.30 bits per heavy atom. The lowest BCUT2D eigenvalue weighted by Crippen LogP contribution is -2.38. The van der Waals surface area contributed by atoms with E-state index in [0.717, 1.165) is 24.2 Å². The second kappa shape index (κ2) is 6.29. The lowest BCUT2D eigenvalue weighted by atomic mass is 10.1. The highest BCUT2D eigenvalue weighted by Crippen LogP contribution is 2.30. The van der Waals surface area contributed by atoms with Crippen LogP contribution in [0.4, 0.5) is 0 Å². The first kappa shape index (κ1) is 14.9. The molecule has 1 amide bonds. The third-order valence-electron chi connectivity index (χ3n) is 3.40. The Labute approximate surface area is 121 Å². The molecule has 0 radical (unpaired) electrons. The molecule has 3 nitrogen and oxygen atoms in total. The second-order valence-electron chi connectivity index (χ2n) is 6.27. The van der Waals surface area contributed by atoms with Gasteiger partial charge in [0.15, 0.2) is 0 Å². The number of amides is 1. The molecule has 0 aromatic heterocycles. The van der Waals surface area contributed by atoms with Gasteiger partial charge in [0.05, 0.1) is 6.61 Å². The van der Waals surface area contributed by atoms with Crippen LogP contribution in [0.5, 0.6) is 5.75 Å². The van der Waals surface area contributed by atoms with Crippen LogP contribution in [0.25, 0.3) is 0 Å². The molecule has 1 fully saturated rings. The summed E-state index contributed by atoms with van der Waals surface area (Å²) in [4.78, 5) is 14.6. The van der Waals surface area contributed by atoms with Crippen molar-refractivity contribution in [1.82, 2.24) is 4.90 Å². The lowest BCUT2D eigenvalue weighted by Gasteiger charge is -2.27. The van der Waals surface area contributed by atoms with E-state index in [2.05, 4.69) is 27.7 Å². The molecule has 1 aromatic carbocycles. The van der Waals surface area contributed by atoms with Crippen molar-refractivity contribution < 1.29 is 9.53 Å². The summed E-state index contributed by atoms with van der Waals surface area (Å²) in [7, 11) is 0. The summed E-state index contributed by atoms with van der Waals surface area (Å²) in [6, 6.07) is 8.23. The van der Waals surface area contributed by atoms with Crippen molar-refractivity contribution in [3.05, 3.63) is 29.8 Å². The maximum absolute atomic E-state index is 12.6. The minimum absolute atomic E-state index is 0.123. The Balaban J connectivity index is 2.10. The summed E-state index contributed by atoms with van der Waals surface area (Å²) in [5, 5.41) is 0. The summed E-state index contributed by atoms with van der Waals surface area (Å²) >= 11 is 0. The maximum atomic E-state index is 12.6. The van der Waals surface area contributed by atoms with Gasteiger partial charge < -0.3 is 9.64 Å². The Hall–Kier alpha value is -1.51. The van der Waals surface area contributed by atoms with Gasteiger partial charge in [-0.15, -0.1) is 0 Å². The monoisotopic (exact) mass is 275 g/mol. The third kappa shape index (κ3) is 3.75. The smallest absolute Gasteiger partial charge is 0.254 e. The number of carbonyl (C=O) groups is 1. The molecule has 0 bridgehead atoms. The van der Waals surface area contributed by atoms with Gasteiger partial charge in [-0.05, 0) is 50.8 Å². The van der Waals surface area contributed by atoms with E-state index >= 15 is 0 Å². The highest BCUT2D eigenvalue weighted by molar-refractivity contribution is 5.95. The van der Waals surface area contributed by atoms with E-state index in [1.54, 1.807) is 0 Å². The molecule has 110 valence electrons. The van der Waals surface area contributed by atoms with E-state index in [1.165, 1.54) is 0 Å². The Morgan fingerprint density at radius 2 is 2.00 bits per heavy atom. The zero-order valence-corrected chi connectivity index (χ0v) is 12.9. The minimum atomic E-state index is 0.123. The van der Waals surface area contributed by atoms with Crippen molar-refractivity contribution in [3.8, 4) is 5.75 Å². The first-order chi connectivity index (χ1) is 9.49. The molecule has 1 aromatic rings. The van der Waals surface area contributed by atoms with Crippen LogP contribution in [0, 0.1) is 5.92 Å². The Morgan fingerprint density at radius 3 is 2.55 bits per heavy atom. The summed E-state index contributed by atoms with van der Waals surface area (Å²) in [6.07, 6.45) is 2.26.